The van der Waals surface area contributed by atoms with Crippen LogP contribution >= 0.6 is 0 Å². The van der Waals surface area contributed by atoms with E-state index in [2.05, 4.69) is 27.0 Å². The van der Waals surface area contributed by atoms with Crippen molar-refractivity contribution in [1.29, 1.82) is 0 Å². The number of methoxy groups -OCH3 is 1. The van der Waals surface area contributed by atoms with Crippen LogP contribution in [0.3, 0.4) is 0 Å². The molecular weight excluding hydrogens is 326 g/mol. The van der Waals surface area contributed by atoms with Gasteiger partial charge in [0.25, 0.3) is 5.56 Å². The predicted molar refractivity (Wildman–Crippen MR) is 104 cm³/mol. The van der Waals surface area contributed by atoms with Crippen molar-refractivity contribution in [3.05, 3.63) is 64.4 Å². The summed E-state index contributed by atoms with van der Waals surface area (Å²) in [5.74, 6) is 2.25. The molecule has 0 spiro atoms. The Morgan fingerprint density at radius 2 is 1.96 bits per heavy atom. The highest BCUT2D eigenvalue weighted by molar-refractivity contribution is 5.78. The first-order valence-electron chi connectivity index (χ1n) is 9.10. The molecule has 1 aliphatic heterocycles. The number of nitrogens with one attached hydrogen (secondary N) is 1. The zero-order valence-corrected chi connectivity index (χ0v) is 14.9. The van der Waals surface area contributed by atoms with E-state index in [-0.39, 0.29) is 5.56 Å². The van der Waals surface area contributed by atoms with Gasteiger partial charge in [-0.15, -0.1) is 0 Å². The molecule has 1 fully saturated rings. The number of anilines is 1. The lowest BCUT2D eigenvalue weighted by Crippen LogP contribution is -2.36. The fourth-order valence-electron chi connectivity index (χ4n) is 3.71. The highest BCUT2D eigenvalue weighted by Crippen LogP contribution is 2.25. The van der Waals surface area contributed by atoms with E-state index in [0.29, 0.717) is 17.3 Å². The zero-order chi connectivity index (χ0) is 17.9. The lowest BCUT2D eigenvalue weighted by Gasteiger charge is -2.32. The van der Waals surface area contributed by atoms with Crippen LogP contribution in [0.2, 0.25) is 0 Å². The normalized spacial score (nSPS) is 15.3. The SMILES string of the molecule is COc1cccc(CC2CCN(c3nc4ccccc4c(=O)[nH]3)CC2)c1. The van der Waals surface area contributed by atoms with Crippen molar-refractivity contribution in [1.82, 2.24) is 9.97 Å². The molecule has 26 heavy (non-hydrogen) atoms. The standard InChI is InChI=1S/C21H23N3O2/c1-26-17-6-4-5-16(14-17)13-15-9-11-24(12-10-15)21-22-19-8-3-2-7-18(19)20(25)23-21/h2-8,14-15H,9-13H2,1H3,(H,22,23,25). The highest BCUT2D eigenvalue weighted by atomic mass is 16.5. The molecule has 1 N–H and O–H groups in total. The van der Waals surface area contributed by atoms with Gasteiger partial charge in [0, 0.05) is 13.1 Å². The molecule has 1 aliphatic rings. The Balaban J connectivity index is 1.44. The van der Waals surface area contributed by atoms with Crippen LogP contribution in [0, 0.1) is 5.92 Å². The molecular formula is C21H23N3O2. The molecule has 1 saturated heterocycles. The maximum Gasteiger partial charge on any atom is 0.260 e. The minimum Gasteiger partial charge on any atom is -0.497 e. The van der Waals surface area contributed by atoms with Gasteiger partial charge in [-0.3, -0.25) is 9.78 Å². The first-order valence-corrected chi connectivity index (χ1v) is 9.10. The number of fused-ring (bicyclic) bond motifs is 1. The minimum atomic E-state index is -0.0656. The van der Waals surface area contributed by atoms with Crippen molar-refractivity contribution < 1.29 is 4.74 Å². The second-order valence-electron chi connectivity index (χ2n) is 6.89. The summed E-state index contributed by atoms with van der Waals surface area (Å²) in [5, 5.41) is 0.643. The molecule has 5 nitrogen and oxygen atoms in total. The predicted octanol–water partition coefficient (Wildman–Crippen LogP) is 3.39. The summed E-state index contributed by atoms with van der Waals surface area (Å²) in [5.41, 5.74) is 2.01. The number of ether oxygens (including phenoxy) is 1. The fourth-order valence-corrected chi connectivity index (χ4v) is 3.71. The molecule has 0 unspecified atom stereocenters. The summed E-state index contributed by atoms with van der Waals surface area (Å²) < 4.78 is 5.32. The second kappa shape index (κ2) is 7.20. The Morgan fingerprint density at radius 1 is 1.15 bits per heavy atom. The van der Waals surface area contributed by atoms with Crippen LogP contribution in [0.15, 0.2) is 53.3 Å². The van der Waals surface area contributed by atoms with E-state index in [1.807, 2.05) is 36.4 Å². The van der Waals surface area contributed by atoms with Crippen molar-refractivity contribution in [2.24, 2.45) is 5.92 Å². The molecule has 0 radical (unpaired) electrons. The van der Waals surface area contributed by atoms with Gasteiger partial charge in [-0.2, -0.15) is 0 Å². The largest absolute Gasteiger partial charge is 0.497 e. The monoisotopic (exact) mass is 349 g/mol. The van der Waals surface area contributed by atoms with E-state index in [0.717, 1.165) is 43.6 Å². The van der Waals surface area contributed by atoms with E-state index in [1.54, 1.807) is 7.11 Å². The Bertz CT molecular complexity index is 959. The van der Waals surface area contributed by atoms with Gasteiger partial charge < -0.3 is 9.64 Å². The third-order valence-electron chi connectivity index (χ3n) is 5.17. The molecule has 134 valence electrons. The molecule has 0 saturated carbocycles. The number of H-pyrrole nitrogens is 1. The Hall–Kier alpha value is -2.82. The number of aromatic amines is 1. The van der Waals surface area contributed by atoms with Gasteiger partial charge in [0.1, 0.15) is 5.75 Å². The lowest BCUT2D eigenvalue weighted by atomic mass is 9.90. The maximum absolute atomic E-state index is 12.3. The number of benzene rings is 2. The van der Waals surface area contributed by atoms with E-state index in [9.17, 15) is 4.79 Å². The van der Waals surface area contributed by atoms with Crippen LogP contribution in [0.5, 0.6) is 5.75 Å². The summed E-state index contributed by atoms with van der Waals surface area (Å²) in [6.07, 6.45) is 3.24. The van der Waals surface area contributed by atoms with Crippen molar-refractivity contribution >= 4 is 16.9 Å². The number of aromatic nitrogens is 2. The topological polar surface area (TPSA) is 58.2 Å². The number of para-hydroxylation sites is 1. The lowest BCUT2D eigenvalue weighted by molar-refractivity contribution is 0.396. The van der Waals surface area contributed by atoms with Gasteiger partial charge >= 0.3 is 0 Å². The quantitative estimate of drug-likeness (QED) is 0.784. The number of hydrogen-bond acceptors (Lipinski definition) is 4. The van der Waals surface area contributed by atoms with Crippen LogP contribution in [-0.2, 0) is 6.42 Å². The molecule has 2 heterocycles. The molecule has 0 bridgehead atoms. The van der Waals surface area contributed by atoms with Crippen LogP contribution in [0.1, 0.15) is 18.4 Å². The van der Waals surface area contributed by atoms with Crippen molar-refractivity contribution in [3.8, 4) is 5.75 Å². The molecule has 2 aromatic carbocycles. The molecule has 0 atom stereocenters. The van der Waals surface area contributed by atoms with Crippen molar-refractivity contribution in [3.63, 3.8) is 0 Å². The second-order valence-corrected chi connectivity index (χ2v) is 6.89. The first-order chi connectivity index (χ1) is 12.7. The smallest absolute Gasteiger partial charge is 0.260 e. The molecule has 3 aromatic rings. The molecule has 1 aromatic heterocycles. The zero-order valence-electron chi connectivity index (χ0n) is 14.9. The van der Waals surface area contributed by atoms with Gasteiger partial charge in [0.05, 0.1) is 18.0 Å². The van der Waals surface area contributed by atoms with Crippen molar-refractivity contribution in [2.75, 3.05) is 25.1 Å². The van der Waals surface area contributed by atoms with Crippen molar-refractivity contribution in [2.45, 2.75) is 19.3 Å². The van der Waals surface area contributed by atoms with Gasteiger partial charge in [-0.05, 0) is 55.0 Å². The van der Waals surface area contributed by atoms with Gasteiger partial charge in [0.15, 0.2) is 0 Å². The fraction of sp³-hybridized carbons (Fsp3) is 0.333. The Labute approximate surface area is 152 Å². The van der Waals surface area contributed by atoms with E-state index < -0.39 is 0 Å². The number of hydrogen-bond donors (Lipinski definition) is 1. The Morgan fingerprint density at radius 3 is 2.77 bits per heavy atom. The van der Waals surface area contributed by atoms with Gasteiger partial charge in [0.2, 0.25) is 5.95 Å². The first kappa shape index (κ1) is 16.6. The maximum atomic E-state index is 12.3. The van der Waals surface area contributed by atoms with E-state index in [1.165, 1.54) is 5.56 Å². The summed E-state index contributed by atoms with van der Waals surface area (Å²) >= 11 is 0. The minimum absolute atomic E-state index is 0.0656. The average Bonchev–Trinajstić information content (AvgIpc) is 2.69. The van der Waals surface area contributed by atoms with E-state index >= 15 is 0 Å². The number of rotatable bonds is 4. The van der Waals surface area contributed by atoms with Gasteiger partial charge in [-0.1, -0.05) is 24.3 Å². The van der Waals surface area contributed by atoms with Crippen LogP contribution in [0.25, 0.3) is 10.9 Å². The molecule has 5 heteroatoms. The molecule has 0 amide bonds. The molecule has 0 aliphatic carbocycles. The average molecular weight is 349 g/mol. The third-order valence-corrected chi connectivity index (χ3v) is 5.17. The van der Waals surface area contributed by atoms with Crippen LogP contribution in [-0.4, -0.2) is 30.2 Å². The number of piperidine rings is 1. The van der Waals surface area contributed by atoms with Gasteiger partial charge in [-0.25, -0.2) is 4.98 Å². The number of nitrogens with zero attached hydrogens (tertiary/aromatic N) is 2. The summed E-state index contributed by atoms with van der Waals surface area (Å²) in [6.45, 7) is 1.83. The van der Waals surface area contributed by atoms with Crippen LogP contribution in [0.4, 0.5) is 5.95 Å². The summed E-state index contributed by atoms with van der Waals surface area (Å²) in [6, 6.07) is 15.8. The molecule has 4 rings (SSSR count). The Kier molecular flexibility index (Phi) is 4.61. The third kappa shape index (κ3) is 3.43. The van der Waals surface area contributed by atoms with Crippen LogP contribution < -0.4 is 15.2 Å². The summed E-state index contributed by atoms with van der Waals surface area (Å²) in [7, 11) is 1.70. The summed E-state index contributed by atoms with van der Waals surface area (Å²) in [4.78, 5) is 22.1. The highest BCUT2D eigenvalue weighted by Gasteiger charge is 2.21. The van der Waals surface area contributed by atoms with E-state index in [4.69, 9.17) is 4.74 Å².